The Bertz CT molecular complexity index is 507. The smallest absolute Gasteiger partial charge is 0.254 e. The predicted molar refractivity (Wildman–Crippen MR) is 84.5 cm³/mol. The first-order chi connectivity index (χ1) is 10.3. The maximum atomic E-state index is 12.8. The second kappa shape index (κ2) is 6.58. The third-order valence-corrected chi connectivity index (χ3v) is 4.57. The van der Waals surface area contributed by atoms with Crippen LogP contribution in [0.1, 0.15) is 34.8 Å². The molecule has 21 heavy (non-hydrogen) atoms. The van der Waals surface area contributed by atoms with Gasteiger partial charge in [0.15, 0.2) is 0 Å². The van der Waals surface area contributed by atoms with Crippen LogP contribution in [-0.4, -0.2) is 55.0 Å². The predicted octanol–water partition coefficient (Wildman–Crippen LogP) is 1.50. The van der Waals surface area contributed by atoms with Crippen molar-refractivity contribution in [3.05, 3.63) is 34.9 Å². The Hall–Kier alpha value is -1.39. The maximum absolute atomic E-state index is 12.8. The van der Waals surface area contributed by atoms with Crippen LogP contribution in [0, 0.1) is 0 Å². The Morgan fingerprint density at radius 1 is 1.24 bits per heavy atom. The molecule has 4 heteroatoms. The Balaban J connectivity index is 1.72. The molecule has 2 aliphatic heterocycles. The van der Waals surface area contributed by atoms with Crippen LogP contribution >= 0.6 is 0 Å². The van der Waals surface area contributed by atoms with Crippen LogP contribution in [0.5, 0.6) is 0 Å². The number of rotatable bonds is 3. The fraction of sp³-hybridized carbons (Fsp3) is 0.588. The molecule has 0 saturated carbocycles. The molecule has 4 nitrogen and oxygen atoms in total. The molecule has 1 N–H and O–H groups in total. The van der Waals surface area contributed by atoms with Crippen molar-refractivity contribution in [1.29, 1.82) is 0 Å². The minimum atomic E-state index is 0.227. The molecule has 0 radical (unpaired) electrons. The lowest BCUT2D eigenvalue weighted by Gasteiger charge is -2.35. The molecule has 2 aliphatic rings. The van der Waals surface area contributed by atoms with Gasteiger partial charge < -0.3 is 10.2 Å². The molecule has 0 aliphatic carbocycles. The zero-order valence-corrected chi connectivity index (χ0v) is 12.9. The summed E-state index contributed by atoms with van der Waals surface area (Å²) in [6.07, 6.45) is 2.15. The number of amides is 1. The van der Waals surface area contributed by atoms with E-state index in [9.17, 15) is 4.79 Å². The van der Waals surface area contributed by atoms with Gasteiger partial charge in [-0.05, 0) is 43.1 Å². The van der Waals surface area contributed by atoms with Crippen molar-refractivity contribution in [2.45, 2.75) is 26.3 Å². The average Bonchev–Trinajstić information content (AvgIpc) is 2.55. The number of carbonyl (C=O) groups excluding carboxylic acids is 1. The van der Waals surface area contributed by atoms with Gasteiger partial charge in [0.05, 0.1) is 0 Å². The normalized spacial score (nSPS) is 19.4. The molecule has 0 unspecified atom stereocenters. The van der Waals surface area contributed by atoms with Gasteiger partial charge in [0, 0.05) is 38.3 Å². The molecule has 114 valence electrons. The number of nitrogens with one attached hydrogen (secondary N) is 1. The summed E-state index contributed by atoms with van der Waals surface area (Å²) in [4.78, 5) is 17.3. The summed E-state index contributed by atoms with van der Waals surface area (Å²) in [6.45, 7) is 8.96. The minimum absolute atomic E-state index is 0.227. The van der Waals surface area contributed by atoms with Gasteiger partial charge in [0.2, 0.25) is 0 Å². The van der Waals surface area contributed by atoms with Crippen molar-refractivity contribution in [2.75, 3.05) is 39.3 Å². The van der Waals surface area contributed by atoms with E-state index >= 15 is 0 Å². The fourth-order valence-electron chi connectivity index (χ4n) is 3.39. The van der Waals surface area contributed by atoms with E-state index in [0.717, 1.165) is 57.8 Å². The molecule has 1 saturated heterocycles. The molecule has 0 bridgehead atoms. The van der Waals surface area contributed by atoms with E-state index in [0.29, 0.717) is 0 Å². The number of piperazine rings is 1. The van der Waals surface area contributed by atoms with E-state index < -0.39 is 0 Å². The Morgan fingerprint density at radius 2 is 2.05 bits per heavy atom. The highest BCUT2D eigenvalue weighted by atomic mass is 16.2. The van der Waals surface area contributed by atoms with Crippen molar-refractivity contribution in [1.82, 2.24) is 15.1 Å². The summed E-state index contributed by atoms with van der Waals surface area (Å²) in [5, 5.41) is 3.37. The highest BCUT2D eigenvalue weighted by Gasteiger charge is 2.24. The topological polar surface area (TPSA) is 35.6 Å². The third-order valence-electron chi connectivity index (χ3n) is 4.57. The first-order valence-corrected chi connectivity index (χ1v) is 8.12. The lowest BCUT2D eigenvalue weighted by atomic mass is 9.94. The third kappa shape index (κ3) is 3.11. The fourth-order valence-corrected chi connectivity index (χ4v) is 3.39. The Morgan fingerprint density at radius 3 is 2.81 bits per heavy atom. The molecule has 0 atom stereocenters. The lowest BCUT2D eigenvalue weighted by molar-refractivity contribution is 0.0636. The molecule has 1 aromatic carbocycles. The SMILES string of the molecule is CCCN1CCN(C(=O)c2cccc3c2CCNC3)CC1. The highest BCUT2D eigenvalue weighted by Crippen LogP contribution is 2.20. The van der Waals surface area contributed by atoms with Gasteiger partial charge in [-0.25, -0.2) is 0 Å². The lowest BCUT2D eigenvalue weighted by Crippen LogP contribution is -2.49. The average molecular weight is 287 g/mol. The van der Waals surface area contributed by atoms with Crippen molar-refractivity contribution in [3.8, 4) is 0 Å². The van der Waals surface area contributed by atoms with E-state index in [1.165, 1.54) is 17.5 Å². The van der Waals surface area contributed by atoms with Crippen LogP contribution in [0.25, 0.3) is 0 Å². The van der Waals surface area contributed by atoms with E-state index in [2.05, 4.69) is 23.2 Å². The van der Waals surface area contributed by atoms with Crippen molar-refractivity contribution in [2.24, 2.45) is 0 Å². The van der Waals surface area contributed by atoms with Crippen LogP contribution in [0.4, 0.5) is 0 Å². The second-order valence-corrected chi connectivity index (χ2v) is 6.00. The number of benzene rings is 1. The molecule has 1 aromatic rings. The molecule has 3 rings (SSSR count). The number of hydrogen-bond donors (Lipinski definition) is 1. The summed E-state index contributed by atoms with van der Waals surface area (Å²) in [7, 11) is 0. The molecule has 1 amide bonds. The van der Waals surface area contributed by atoms with Gasteiger partial charge in [0.1, 0.15) is 0 Å². The van der Waals surface area contributed by atoms with Gasteiger partial charge in [-0.3, -0.25) is 9.69 Å². The Labute approximate surface area is 127 Å². The zero-order chi connectivity index (χ0) is 14.7. The molecular formula is C17H25N3O. The summed E-state index contributed by atoms with van der Waals surface area (Å²) >= 11 is 0. The summed E-state index contributed by atoms with van der Waals surface area (Å²) in [5.41, 5.74) is 3.48. The van der Waals surface area contributed by atoms with Gasteiger partial charge in [-0.1, -0.05) is 19.1 Å². The standard InChI is InChI=1S/C17H25N3O/c1-2-8-19-9-11-20(12-10-19)17(21)16-5-3-4-14-13-18-7-6-15(14)16/h3-5,18H,2,6-13H2,1H3. The quantitative estimate of drug-likeness (QED) is 0.915. The van der Waals surface area contributed by atoms with E-state index in [1.807, 2.05) is 17.0 Å². The van der Waals surface area contributed by atoms with Crippen LogP contribution in [0.3, 0.4) is 0 Å². The van der Waals surface area contributed by atoms with E-state index in [1.54, 1.807) is 0 Å². The number of nitrogens with zero attached hydrogens (tertiary/aromatic N) is 2. The van der Waals surface area contributed by atoms with Crippen LogP contribution < -0.4 is 5.32 Å². The molecule has 1 fully saturated rings. The van der Waals surface area contributed by atoms with Gasteiger partial charge in [0.25, 0.3) is 5.91 Å². The number of hydrogen-bond acceptors (Lipinski definition) is 3. The van der Waals surface area contributed by atoms with E-state index in [-0.39, 0.29) is 5.91 Å². The van der Waals surface area contributed by atoms with E-state index in [4.69, 9.17) is 0 Å². The summed E-state index contributed by atoms with van der Waals surface area (Å²) in [5.74, 6) is 0.227. The molecule has 0 spiro atoms. The Kier molecular flexibility index (Phi) is 4.56. The van der Waals surface area contributed by atoms with Crippen molar-refractivity contribution >= 4 is 5.91 Å². The highest BCUT2D eigenvalue weighted by molar-refractivity contribution is 5.96. The molecule has 2 heterocycles. The van der Waals surface area contributed by atoms with Gasteiger partial charge in [-0.2, -0.15) is 0 Å². The molecule has 0 aromatic heterocycles. The van der Waals surface area contributed by atoms with Crippen LogP contribution in [0.15, 0.2) is 18.2 Å². The van der Waals surface area contributed by atoms with Crippen molar-refractivity contribution < 1.29 is 4.79 Å². The minimum Gasteiger partial charge on any atom is -0.336 e. The summed E-state index contributed by atoms with van der Waals surface area (Å²) < 4.78 is 0. The summed E-state index contributed by atoms with van der Waals surface area (Å²) in [6, 6.07) is 6.16. The monoisotopic (exact) mass is 287 g/mol. The first kappa shape index (κ1) is 14.5. The molecular weight excluding hydrogens is 262 g/mol. The van der Waals surface area contributed by atoms with Crippen molar-refractivity contribution in [3.63, 3.8) is 0 Å². The van der Waals surface area contributed by atoms with Gasteiger partial charge in [-0.15, -0.1) is 0 Å². The van der Waals surface area contributed by atoms with Crippen LogP contribution in [0.2, 0.25) is 0 Å². The largest absolute Gasteiger partial charge is 0.336 e. The zero-order valence-electron chi connectivity index (χ0n) is 12.9. The number of carbonyl (C=O) groups is 1. The maximum Gasteiger partial charge on any atom is 0.254 e. The van der Waals surface area contributed by atoms with Gasteiger partial charge >= 0.3 is 0 Å². The first-order valence-electron chi connectivity index (χ1n) is 8.12. The number of fused-ring (bicyclic) bond motifs is 1. The van der Waals surface area contributed by atoms with Crippen LogP contribution in [-0.2, 0) is 13.0 Å². The second-order valence-electron chi connectivity index (χ2n) is 6.00.